The van der Waals surface area contributed by atoms with Crippen molar-refractivity contribution >= 4 is 50.4 Å². The van der Waals surface area contributed by atoms with Gasteiger partial charge in [0.25, 0.3) is 0 Å². The molecule has 22 heavy (non-hydrogen) atoms. The molecule has 0 N–H and O–H groups in total. The molecular weight excluding hydrogens is 334 g/mol. The normalized spacial score (nSPS) is 11.5. The maximum absolute atomic E-state index is 6.04. The van der Waals surface area contributed by atoms with Gasteiger partial charge in [-0.3, -0.25) is 4.40 Å². The zero-order chi connectivity index (χ0) is 15.1. The first kappa shape index (κ1) is 14.1. The standard InChI is InChI=1S/C16H12ClN3S2/c1-10-18-19-16(22-9-11-3-2-4-12(17)7-11)14-8-15-13(20(10)14)5-6-21-15/h2-8H,9H2,1H3. The quantitative estimate of drug-likeness (QED) is 0.478. The van der Waals surface area contributed by atoms with Crippen molar-refractivity contribution in [1.29, 1.82) is 0 Å². The maximum Gasteiger partial charge on any atom is 0.143 e. The molecule has 4 aromatic rings. The van der Waals surface area contributed by atoms with Crippen LogP contribution in [0.3, 0.4) is 0 Å². The van der Waals surface area contributed by atoms with Crippen LogP contribution in [0.15, 0.2) is 46.8 Å². The van der Waals surface area contributed by atoms with Crippen molar-refractivity contribution in [3.8, 4) is 0 Å². The maximum atomic E-state index is 6.04. The van der Waals surface area contributed by atoms with E-state index in [1.165, 1.54) is 15.8 Å². The summed E-state index contributed by atoms with van der Waals surface area (Å²) in [6.07, 6.45) is 0. The summed E-state index contributed by atoms with van der Waals surface area (Å²) in [5.41, 5.74) is 3.52. The third-order valence-electron chi connectivity index (χ3n) is 3.52. The summed E-state index contributed by atoms with van der Waals surface area (Å²) in [7, 11) is 0. The lowest BCUT2D eigenvalue weighted by Gasteiger charge is -2.06. The molecule has 1 aromatic carbocycles. The molecule has 3 nitrogen and oxygen atoms in total. The first-order chi connectivity index (χ1) is 10.7. The van der Waals surface area contributed by atoms with Crippen LogP contribution >= 0.6 is 34.7 Å². The fraction of sp³-hybridized carbons (Fsp3) is 0.125. The van der Waals surface area contributed by atoms with Gasteiger partial charge in [0.1, 0.15) is 10.9 Å². The number of fused-ring (bicyclic) bond motifs is 3. The molecule has 0 aliphatic carbocycles. The largest absolute Gasteiger partial charge is 0.293 e. The summed E-state index contributed by atoms with van der Waals surface area (Å²) < 4.78 is 3.45. The Bertz CT molecular complexity index is 974. The fourth-order valence-corrected chi connectivity index (χ4v) is 4.42. The monoisotopic (exact) mass is 345 g/mol. The summed E-state index contributed by atoms with van der Waals surface area (Å²) in [5, 5.41) is 12.5. The zero-order valence-electron chi connectivity index (χ0n) is 11.8. The Morgan fingerprint density at radius 3 is 2.95 bits per heavy atom. The van der Waals surface area contributed by atoms with Crippen molar-refractivity contribution in [2.45, 2.75) is 17.7 Å². The number of hydrogen-bond acceptors (Lipinski definition) is 4. The zero-order valence-corrected chi connectivity index (χ0v) is 14.2. The predicted molar refractivity (Wildman–Crippen MR) is 94.1 cm³/mol. The van der Waals surface area contributed by atoms with Crippen LogP contribution in [0, 0.1) is 6.92 Å². The number of thiophene rings is 1. The summed E-state index contributed by atoms with van der Waals surface area (Å²) in [6, 6.07) is 12.3. The van der Waals surface area contributed by atoms with E-state index in [1.54, 1.807) is 23.1 Å². The Hall–Kier alpha value is -1.56. The smallest absolute Gasteiger partial charge is 0.143 e. The average molecular weight is 346 g/mol. The van der Waals surface area contributed by atoms with E-state index in [0.29, 0.717) is 0 Å². The van der Waals surface area contributed by atoms with Gasteiger partial charge in [-0.05, 0) is 42.1 Å². The van der Waals surface area contributed by atoms with Crippen molar-refractivity contribution in [3.05, 3.63) is 58.2 Å². The SMILES string of the molecule is Cc1nnc(SCc2cccc(Cl)c2)c2cc3sccc3n12. The van der Waals surface area contributed by atoms with E-state index in [-0.39, 0.29) is 0 Å². The van der Waals surface area contributed by atoms with Gasteiger partial charge >= 0.3 is 0 Å². The molecule has 0 saturated carbocycles. The van der Waals surface area contributed by atoms with Crippen LogP contribution in [0.4, 0.5) is 0 Å². The number of aryl methyl sites for hydroxylation is 1. The average Bonchev–Trinajstić information content (AvgIpc) is 3.07. The van der Waals surface area contributed by atoms with E-state index in [4.69, 9.17) is 11.6 Å². The van der Waals surface area contributed by atoms with Gasteiger partial charge in [0, 0.05) is 10.8 Å². The Morgan fingerprint density at radius 1 is 1.18 bits per heavy atom. The van der Waals surface area contributed by atoms with Crippen molar-refractivity contribution in [3.63, 3.8) is 0 Å². The van der Waals surface area contributed by atoms with E-state index >= 15 is 0 Å². The Labute approximate surface area is 140 Å². The molecule has 3 aromatic heterocycles. The second-order valence-corrected chi connectivity index (χ2v) is 7.35. The van der Waals surface area contributed by atoms with Crippen LogP contribution in [-0.4, -0.2) is 14.6 Å². The molecule has 0 aliphatic heterocycles. The molecule has 0 saturated heterocycles. The van der Waals surface area contributed by atoms with Crippen LogP contribution in [-0.2, 0) is 5.75 Å². The van der Waals surface area contributed by atoms with Gasteiger partial charge in [-0.15, -0.1) is 21.5 Å². The number of hydrogen-bond donors (Lipinski definition) is 0. The lowest BCUT2D eigenvalue weighted by atomic mass is 10.2. The highest BCUT2D eigenvalue weighted by Gasteiger charge is 2.12. The highest BCUT2D eigenvalue weighted by atomic mass is 35.5. The molecule has 0 fully saturated rings. The van der Waals surface area contributed by atoms with E-state index in [9.17, 15) is 0 Å². The number of benzene rings is 1. The van der Waals surface area contributed by atoms with E-state index in [1.807, 2.05) is 25.1 Å². The summed E-state index contributed by atoms with van der Waals surface area (Å²) in [4.78, 5) is 0. The number of aromatic nitrogens is 3. The number of halogens is 1. The molecule has 3 heterocycles. The minimum atomic E-state index is 0.765. The van der Waals surface area contributed by atoms with Crippen LogP contribution in [0.5, 0.6) is 0 Å². The molecule has 0 spiro atoms. The molecule has 0 bridgehead atoms. The van der Waals surface area contributed by atoms with Crippen molar-refractivity contribution in [2.75, 3.05) is 0 Å². The van der Waals surface area contributed by atoms with Crippen LogP contribution in [0.2, 0.25) is 5.02 Å². The third kappa shape index (κ3) is 2.39. The number of nitrogens with zero attached hydrogens (tertiary/aromatic N) is 3. The minimum Gasteiger partial charge on any atom is -0.293 e. The second kappa shape index (κ2) is 5.57. The topological polar surface area (TPSA) is 30.2 Å². The summed E-state index contributed by atoms with van der Waals surface area (Å²) in [5.74, 6) is 1.74. The van der Waals surface area contributed by atoms with Crippen molar-refractivity contribution in [2.24, 2.45) is 0 Å². The van der Waals surface area contributed by atoms with Gasteiger partial charge in [0.05, 0.1) is 15.7 Å². The van der Waals surface area contributed by atoms with Crippen LogP contribution in [0.1, 0.15) is 11.4 Å². The molecule has 0 radical (unpaired) electrons. The summed E-state index contributed by atoms with van der Waals surface area (Å²) >= 11 is 9.48. The molecule has 0 amide bonds. The van der Waals surface area contributed by atoms with E-state index in [2.05, 4.69) is 38.2 Å². The lowest BCUT2D eigenvalue weighted by molar-refractivity contribution is 0.837. The molecule has 6 heteroatoms. The van der Waals surface area contributed by atoms with Gasteiger partial charge in [-0.1, -0.05) is 35.5 Å². The first-order valence-corrected chi connectivity index (χ1v) is 9.06. The van der Waals surface area contributed by atoms with Gasteiger partial charge in [0.2, 0.25) is 0 Å². The number of thioether (sulfide) groups is 1. The van der Waals surface area contributed by atoms with Crippen molar-refractivity contribution < 1.29 is 0 Å². The molecule has 4 rings (SSSR count). The Kier molecular flexibility index (Phi) is 3.56. The number of rotatable bonds is 3. The van der Waals surface area contributed by atoms with Gasteiger partial charge < -0.3 is 0 Å². The fourth-order valence-electron chi connectivity index (χ4n) is 2.53. The summed E-state index contributed by atoms with van der Waals surface area (Å²) in [6.45, 7) is 1.99. The Morgan fingerprint density at radius 2 is 2.09 bits per heavy atom. The molecule has 110 valence electrons. The Balaban J connectivity index is 1.74. The van der Waals surface area contributed by atoms with Crippen LogP contribution < -0.4 is 0 Å². The minimum absolute atomic E-state index is 0.765. The van der Waals surface area contributed by atoms with Gasteiger partial charge in [0.15, 0.2) is 0 Å². The first-order valence-electron chi connectivity index (χ1n) is 6.81. The highest BCUT2D eigenvalue weighted by Crippen LogP contribution is 2.32. The predicted octanol–water partition coefficient (Wildman–Crippen LogP) is 5.20. The lowest BCUT2D eigenvalue weighted by Crippen LogP contribution is -1.99. The molecule has 0 unspecified atom stereocenters. The second-order valence-electron chi connectivity index (χ2n) is 5.01. The van der Waals surface area contributed by atoms with E-state index in [0.717, 1.165) is 27.1 Å². The molecular formula is C16H12ClN3S2. The molecule has 0 atom stereocenters. The van der Waals surface area contributed by atoms with Gasteiger partial charge in [-0.2, -0.15) is 0 Å². The van der Waals surface area contributed by atoms with Gasteiger partial charge in [-0.25, -0.2) is 0 Å². The molecule has 0 aliphatic rings. The van der Waals surface area contributed by atoms with Crippen molar-refractivity contribution in [1.82, 2.24) is 14.6 Å². The van der Waals surface area contributed by atoms with E-state index < -0.39 is 0 Å². The highest BCUT2D eigenvalue weighted by molar-refractivity contribution is 7.98. The third-order valence-corrected chi connectivity index (χ3v) is 5.65. The van der Waals surface area contributed by atoms with Crippen LogP contribution in [0.25, 0.3) is 15.7 Å².